The Morgan fingerprint density at radius 1 is 1.09 bits per heavy atom. The molecule has 0 amide bonds. The van der Waals surface area contributed by atoms with E-state index in [-0.39, 0.29) is 63.9 Å². The van der Waals surface area contributed by atoms with Crippen molar-refractivity contribution in [3.05, 3.63) is 47.4 Å². The maximum Gasteiger partial charge on any atom is 0.319 e. The number of pyridine rings is 1. The van der Waals surface area contributed by atoms with Gasteiger partial charge in [0, 0.05) is 55.0 Å². The van der Waals surface area contributed by atoms with Gasteiger partial charge in [-0.3, -0.25) is 4.90 Å². The maximum atomic E-state index is 17.0. The van der Waals surface area contributed by atoms with Crippen LogP contribution in [0.1, 0.15) is 57.6 Å². The quantitative estimate of drug-likeness (QED) is 0.259. The Bertz CT molecular complexity index is 1880. The molecule has 0 spiro atoms. The van der Waals surface area contributed by atoms with Crippen molar-refractivity contribution in [3.8, 4) is 23.0 Å². The smallest absolute Gasteiger partial charge is 0.319 e. The second-order valence-corrected chi connectivity index (χ2v) is 13.5. The largest absolute Gasteiger partial charge is 0.508 e. The van der Waals surface area contributed by atoms with Gasteiger partial charge < -0.3 is 20.1 Å². The summed E-state index contributed by atoms with van der Waals surface area (Å²) in [6.07, 6.45) is 2.75. The van der Waals surface area contributed by atoms with Crippen LogP contribution >= 0.6 is 0 Å². The lowest BCUT2D eigenvalue weighted by molar-refractivity contribution is 0.107. The number of aromatic hydroxyl groups is 1. The van der Waals surface area contributed by atoms with E-state index in [1.165, 1.54) is 18.2 Å². The Labute approximate surface area is 263 Å². The van der Waals surface area contributed by atoms with Crippen LogP contribution in [0.4, 0.5) is 23.4 Å². The van der Waals surface area contributed by atoms with E-state index in [1.54, 1.807) is 0 Å². The minimum atomic E-state index is -1.16. The molecule has 3 saturated heterocycles. The lowest BCUT2D eigenvalue weighted by atomic mass is 9.94. The number of ether oxygens (including phenoxy) is 1. The van der Waals surface area contributed by atoms with Crippen LogP contribution in [0, 0.1) is 17.5 Å². The van der Waals surface area contributed by atoms with Gasteiger partial charge in [-0.2, -0.15) is 9.97 Å². The highest BCUT2D eigenvalue weighted by Crippen LogP contribution is 2.45. The molecular formula is C34H36F4N6O2. The topological polar surface area (TPSA) is 86.6 Å². The summed E-state index contributed by atoms with van der Waals surface area (Å²) in [5.74, 6) is -2.97. The molecule has 12 heteroatoms. The Kier molecular flexibility index (Phi) is 7.02. The van der Waals surface area contributed by atoms with Crippen LogP contribution in [0.25, 0.3) is 32.9 Å². The van der Waals surface area contributed by atoms with E-state index in [4.69, 9.17) is 14.7 Å². The Morgan fingerprint density at radius 3 is 2.76 bits per heavy atom. The average Bonchev–Trinajstić information content (AvgIpc) is 3.53. The van der Waals surface area contributed by atoms with Crippen LogP contribution in [0.3, 0.4) is 0 Å². The third kappa shape index (κ3) is 4.58. The molecule has 4 aliphatic rings. The molecule has 0 radical (unpaired) electrons. The van der Waals surface area contributed by atoms with Crippen molar-refractivity contribution in [2.45, 2.75) is 75.7 Å². The molecule has 4 aromatic rings. The van der Waals surface area contributed by atoms with Crippen molar-refractivity contribution in [1.82, 2.24) is 25.2 Å². The number of alkyl halides is 1. The van der Waals surface area contributed by atoms with Crippen LogP contribution < -0.4 is 15.0 Å². The molecule has 0 bridgehead atoms. The third-order valence-corrected chi connectivity index (χ3v) is 10.6. The molecule has 4 aliphatic heterocycles. The highest BCUT2D eigenvalue weighted by Gasteiger charge is 2.49. The van der Waals surface area contributed by atoms with Crippen molar-refractivity contribution >= 4 is 27.5 Å². The van der Waals surface area contributed by atoms with Gasteiger partial charge in [0.2, 0.25) is 0 Å². The zero-order valence-corrected chi connectivity index (χ0v) is 25.8. The Morgan fingerprint density at radius 2 is 1.93 bits per heavy atom. The summed E-state index contributed by atoms with van der Waals surface area (Å²) < 4.78 is 67.6. The van der Waals surface area contributed by atoms with Crippen molar-refractivity contribution in [3.63, 3.8) is 0 Å². The summed E-state index contributed by atoms with van der Waals surface area (Å²) in [5.41, 5.74) is -0.271. The standard InChI is InChI=1S/C34H36F4N6O2/c1-3-20-15-44-21(13-39-20)9-17(2)29-26-31(41-33(42-32(26)44)46-16-34-7-4-8-43(34)14-19(35)12-34)28(38)30(40-29)23-11-22(45)10-18-5-6-24(36)27(37)25(18)23/h5-6,10-11,17,19-21,39,45H,3-4,7-9,12-16H2,1-2H3/t17-,19+,20+,21+,34-/m0/s1. The molecule has 8 rings (SSSR count). The number of benzene rings is 2. The number of rotatable bonds is 5. The van der Waals surface area contributed by atoms with E-state index in [0.717, 1.165) is 31.9 Å². The first-order valence-electron chi connectivity index (χ1n) is 16.2. The number of hydrogen-bond acceptors (Lipinski definition) is 8. The number of anilines is 1. The first kappa shape index (κ1) is 29.6. The van der Waals surface area contributed by atoms with E-state index in [1.807, 2.05) is 6.92 Å². The number of nitrogens with zero attached hydrogens (tertiary/aromatic N) is 5. The molecule has 5 atom stereocenters. The second kappa shape index (κ2) is 10.9. The number of nitrogens with one attached hydrogen (secondary N) is 1. The first-order valence-corrected chi connectivity index (χ1v) is 16.2. The van der Waals surface area contributed by atoms with Gasteiger partial charge in [-0.25, -0.2) is 22.5 Å². The minimum Gasteiger partial charge on any atom is -0.508 e. The van der Waals surface area contributed by atoms with E-state index in [0.29, 0.717) is 49.4 Å². The first-order chi connectivity index (χ1) is 22.2. The molecular weight excluding hydrogens is 600 g/mol. The fourth-order valence-electron chi connectivity index (χ4n) is 8.31. The SMILES string of the molecule is CC[C@@H]1CN2c3nc(OC[C@@]45CCCN4C[C@H](F)C5)nc4c(F)c(-c5cc(O)cc6ccc(F)c(F)c56)nc(c34)[C@@H](C)C[C@@H]2CN1. The molecule has 2 N–H and O–H groups in total. The molecule has 3 fully saturated rings. The fraction of sp³-hybridized carbons (Fsp3) is 0.500. The predicted molar refractivity (Wildman–Crippen MR) is 167 cm³/mol. The lowest BCUT2D eigenvalue weighted by Crippen LogP contribution is -2.56. The van der Waals surface area contributed by atoms with Gasteiger partial charge in [0.1, 0.15) is 35.6 Å². The van der Waals surface area contributed by atoms with Gasteiger partial charge in [0.15, 0.2) is 17.5 Å². The van der Waals surface area contributed by atoms with Crippen molar-refractivity contribution in [1.29, 1.82) is 0 Å². The number of aromatic nitrogens is 3. The van der Waals surface area contributed by atoms with Gasteiger partial charge in [0.05, 0.1) is 16.6 Å². The van der Waals surface area contributed by atoms with Crippen LogP contribution in [-0.4, -0.2) is 81.5 Å². The van der Waals surface area contributed by atoms with Gasteiger partial charge in [-0.1, -0.05) is 19.9 Å². The molecule has 2 aromatic carbocycles. The van der Waals surface area contributed by atoms with Crippen LogP contribution in [0.15, 0.2) is 24.3 Å². The molecule has 6 heterocycles. The molecule has 0 aliphatic carbocycles. The Hall–Kier alpha value is -3.77. The summed E-state index contributed by atoms with van der Waals surface area (Å²) in [5, 5.41) is 14.7. The highest BCUT2D eigenvalue weighted by molar-refractivity contribution is 6.01. The highest BCUT2D eigenvalue weighted by atomic mass is 19.2. The van der Waals surface area contributed by atoms with E-state index in [2.05, 4.69) is 27.0 Å². The van der Waals surface area contributed by atoms with Crippen LogP contribution in [0.2, 0.25) is 0 Å². The summed E-state index contributed by atoms with van der Waals surface area (Å²) in [4.78, 5) is 18.6. The maximum absolute atomic E-state index is 17.0. The number of phenolic OH excluding ortho intramolecular Hbond substituents is 1. The number of phenols is 1. The minimum absolute atomic E-state index is 0.0223. The summed E-state index contributed by atoms with van der Waals surface area (Å²) >= 11 is 0. The van der Waals surface area contributed by atoms with E-state index >= 15 is 8.78 Å². The normalized spacial score (nSPS) is 27.7. The van der Waals surface area contributed by atoms with E-state index in [9.17, 15) is 13.9 Å². The number of fused-ring (bicyclic) bond motifs is 4. The van der Waals surface area contributed by atoms with Gasteiger partial charge in [-0.15, -0.1) is 0 Å². The number of piperazine rings is 1. The zero-order chi connectivity index (χ0) is 31.9. The van der Waals surface area contributed by atoms with Crippen LogP contribution in [0.5, 0.6) is 11.8 Å². The van der Waals surface area contributed by atoms with Crippen molar-refractivity contribution in [2.24, 2.45) is 0 Å². The summed E-state index contributed by atoms with van der Waals surface area (Å²) in [7, 11) is 0. The molecule has 242 valence electrons. The molecule has 8 nitrogen and oxygen atoms in total. The van der Waals surface area contributed by atoms with E-state index < -0.39 is 29.2 Å². The van der Waals surface area contributed by atoms with Crippen molar-refractivity contribution in [2.75, 3.05) is 37.7 Å². The number of hydrogen-bond donors (Lipinski definition) is 2. The van der Waals surface area contributed by atoms with Gasteiger partial charge in [-0.05, 0) is 55.8 Å². The number of halogens is 4. The van der Waals surface area contributed by atoms with Gasteiger partial charge >= 0.3 is 6.01 Å². The predicted octanol–water partition coefficient (Wildman–Crippen LogP) is 5.99. The molecule has 0 saturated carbocycles. The zero-order valence-electron chi connectivity index (χ0n) is 25.8. The lowest BCUT2D eigenvalue weighted by Gasteiger charge is -2.41. The summed E-state index contributed by atoms with van der Waals surface area (Å²) in [6, 6.07) is 5.02. The molecule has 2 aromatic heterocycles. The fourth-order valence-corrected chi connectivity index (χ4v) is 8.31. The van der Waals surface area contributed by atoms with Crippen LogP contribution in [-0.2, 0) is 0 Å². The molecule has 46 heavy (non-hydrogen) atoms. The molecule has 0 unspecified atom stereocenters. The van der Waals surface area contributed by atoms with Crippen molar-refractivity contribution < 1.29 is 27.4 Å². The van der Waals surface area contributed by atoms with Gasteiger partial charge in [0.25, 0.3) is 0 Å². The average molecular weight is 637 g/mol. The second-order valence-electron chi connectivity index (χ2n) is 13.5. The third-order valence-electron chi connectivity index (χ3n) is 10.6. The Balaban J connectivity index is 1.34. The monoisotopic (exact) mass is 636 g/mol. The summed E-state index contributed by atoms with van der Waals surface area (Å²) in [6.45, 7) is 6.80.